The topological polar surface area (TPSA) is 41.6 Å². The van der Waals surface area contributed by atoms with Crippen molar-refractivity contribution in [3.05, 3.63) is 11.6 Å². The van der Waals surface area contributed by atoms with Gasteiger partial charge in [0.1, 0.15) is 0 Å². The molecule has 1 N–H and O–H groups in total. The van der Waals surface area contributed by atoms with Gasteiger partial charge in [0.2, 0.25) is 5.91 Å². The van der Waals surface area contributed by atoms with Crippen LogP contribution in [-0.4, -0.2) is 50.2 Å². The molecule has 1 saturated heterocycles. The summed E-state index contributed by atoms with van der Waals surface area (Å²) in [7, 11) is 0. The van der Waals surface area contributed by atoms with E-state index in [1.165, 1.54) is 0 Å². The molecule has 1 aliphatic rings. The van der Waals surface area contributed by atoms with Crippen molar-refractivity contribution >= 4 is 17.5 Å². The van der Waals surface area contributed by atoms with E-state index in [1.807, 2.05) is 4.90 Å². The quantitative estimate of drug-likeness (QED) is 0.705. The Morgan fingerprint density at radius 3 is 2.73 bits per heavy atom. The van der Waals surface area contributed by atoms with Crippen LogP contribution in [0.15, 0.2) is 11.6 Å². The zero-order valence-electron chi connectivity index (χ0n) is 8.80. The van der Waals surface area contributed by atoms with Crippen molar-refractivity contribution in [2.24, 2.45) is 0 Å². The van der Waals surface area contributed by atoms with Crippen LogP contribution in [0.1, 0.15) is 6.42 Å². The fourth-order valence-corrected chi connectivity index (χ4v) is 1.48. The van der Waals surface area contributed by atoms with Crippen molar-refractivity contribution in [2.45, 2.75) is 6.42 Å². The Morgan fingerprint density at radius 1 is 1.47 bits per heavy atom. The minimum atomic E-state index is 0.172. The van der Waals surface area contributed by atoms with E-state index < -0.39 is 0 Å². The van der Waals surface area contributed by atoms with Gasteiger partial charge >= 0.3 is 0 Å². The Hall–Kier alpha value is -0.580. The molecule has 0 aromatic rings. The summed E-state index contributed by atoms with van der Waals surface area (Å²) in [5.41, 5.74) is 0. The summed E-state index contributed by atoms with van der Waals surface area (Å²) in [5, 5.41) is 3.61. The number of rotatable bonds is 5. The molecule has 4 nitrogen and oxygen atoms in total. The highest BCUT2D eigenvalue weighted by Crippen LogP contribution is 1.99. The molecule has 0 saturated carbocycles. The number of halogens is 1. The molecule has 15 heavy (non-hydrogen) atoms. The summed E-state index contributed by atoms with van der Waals surface area (Å²) < 4.78 is 5.17. The number of carbonyl (C=O) groups excluding carboxylic acids is 1. The van der Waals surface area contributed by atoms with Crippen LogP contribution in [0.5, 0.6) is 0 Å². The van der Waals surface area contributed by atoms with E-state index >= 15 is 0 Å². The summed E-state index contributed by atoms with van der Waals surface area (Å²) >= 11 is 5.57. The number of amides is 1. The van der Waals surface area contributed by atoms with Crippen LogP contribution >= 0.6 is 11.6 Å². The van der Waals surface area contributed by atoms with Gasteiger partial charge < -0.3 is 15.0 Å². The lowest BCUT2D eigenvalue weighted by Crippen LogP contribution is -2.41. The number of nitrogens with one attached hydrogen (secondary N) is 1. The van der Waals surface area contributed by atoms with Crippen LogP contribution in [0, 0.1) is 0 Å². The molecule has 0 bridgehead atoms. The van der Waals surface area contributed by atoms with E-state index in [0.717, 1.165) is 0 Å². The zero-order chi connectivity index (χ0) is 11.1. The van der Waals surface area contributed by atoms with Crippen molar-refractivity contribution in [2.75, 3.05) is 39.4 Å². The van der Waals surface area contributed by atoms with Crippen molar-refractivity contribution in [3.8, 4) is 0 Å². The van der Waals surface area contributed by atoms with Crippen LogP contribution in [0.25, 0.3) is 0 Å². The van der Waals surface area contributed by atoms with E-state index in [9.17, 15) is 4.79 Å². The van der Waals surface area contributed by atoms with Gasteiger partial charge in [0.25, 0.3) is 0 Å². The maximum Gasteiger partial charge on any atom is 0.224 e. The highest BCUT2D eigenvalue weighted by molar-refractivity contribution is 6.29. The zero-order valence-corrected chi connectivity index (χ0v) is 9.55. The Labute approximate surface area is 95.2 Å². The summed E-state index contributed by atoms with van der Waals surface area (Å²) in [4.78, 5) is 13.5. The fourth-order valence-electron chi connectivity index (χ4n) is 1.39. The molecule has 0 spiro atoms. The first-order valence-electron chi connectivity index (χ1n) is 5.09. The molecular formula is C10H17ClN2O2. The molecule has 0 radical (unpaired) electrons. The maximum absolute atomic E-state index is 11.6. The first-order chi connectivity index (χ1) is 7.20. The lowest BCUT2D eigenvalue weighted by Gasteiger charge is -2.26. The standard InChI is InChI=1S/C10H17ClN2O2/c1-9(11)8-12-3-2-10(14)13-4-6-15-7-5-13/h12H,1-8H2. The monoisotopic (exact) mass is 232 g/mol. The largest absolute Gasteiger partial charge is 0.378 e. The highest BCUT2D eigenvalue weighted by atomic mass is 35.5. The predicted octanol–water partition coefficient (Wildman–Crippen LogP) is 0.577. The van der Waals surface area contributed by atoms with Crippen LogP contribution < -0.4 is 5.32 Å². The van der Waals surface area contributed by atoms with Gasteiger partial charge in [-0.2, -0.15) is 0 Å². The van der Waals surface area contributed by atoms with Crippen LogP contribution in [-0.2, 0) is 9.53 Å². The second-order valence-electron chi connectivity index (χ2n) is 3.44. The van der Waals surface area contributed by atoms with Gasteiger partial charge in [0.15, 0.2) is 0 Å². The Kier molecular flexibility index (Phi) is 5.68. The van der Waals surface area contributed by atoms with Crippen molar-refractivity contribution < 1.29 is 9.53 Å². The molecule has 1 fully saturated rings. The molecule has 1 amide bonds. The number of nitrogens with zero attached hydrogens (tertiary/aromatic N) is 1. The summed E-state index contributed by atoms with van der Waals surface area (Å²) in [6.07, 6.45) is 0.504. The average Bonchev–Trinajstić information content (AvgIpc) is 2.25. The highest BCUT2D eigenvalue weighted by Gasteiger charge is 2.15. The van der Waals surface area contributed by atoms with Crippen molar-refractivity contribution in [3.63, 3.8) is 0 Å². The van der Waals surface area contributed by atoms with Crippen molar-refractivity contribution in [1.82, 2.24) is 10.2 Å². The number of ether oxygens (including phenoxy) is 1. The minimum absolute atomic E-state index is 0.172. The Bertz CT molecular complexity index is 227. The molecule has 1 aliphatic heterocycles. The number of carbonyl (C=O) groups is 1. The lowest BCUT2D eigenvalue weighted by molar-refractivity contribution is -0.135. The van der Waals surface area contributed by atoms with E-state index in [4.69, 9.17) is 16.3 Å². The van der Waals surface area contributed by atoms with E-state index in [-0.39, 0.29) is 5.91 Å². The van der Waals surface area contributed by atoms with Crippen LogP contribution in [0.4, 0.5) is 0 Å². The van der Waals surface area contributed by atoms with Crippen molar-refractivity contribution in [1.29, 1.82) is 0 Å². The molecule has 1 rings (SSSR count). The third-order valence-electron chi connectivity index (χ3n) is 2.20. The van der Waals surface area contributed by atoms with E-state index in [1.54, 1.807) is 0 Å². The number of hydrogen-bond donors (Lipinski definition) is 1. The van der Waals surface area contributed by atoms with Gasteiger partial charge in [-0.05, 0) is 0 Å². The van der Waals surface area contributed by atoms with Gasteiger partial charge in [0, 0.05) is 37.6 Å². The second kappa shape index (κ2) is 6.82. The Morgan fingerprint density at radius 2 is 2.13 bits per heavy atom. The molecule has 0 unspecified atom stereocenters. The first kappa shape index (κ1) is 12.5. The molecule has 0 aromatic carbocycles. The smallest absolute Gasteiger partial charge is 0.224 e. The third kappa shape index (κ3) is 5.16. The number of hydrogen-bond acceptors (Lipinski definition) is 3. The number of morpholine rings is 1. The molecule has 1 heterocycles. The molecular weight excluding hydrogens is 216 g/mol. The van der Waals surface area contributed by atoms with Gasteiger partial charge in [-0.15, -0.1) is 0 Å². The van der Waals surface area contributed by atoms with Gasteiger partial charge in [-0.1, -0.05) is 18.2 Å². The molecule has 0 aromatic heterocycles. The lowest BCUT2D eigenvalue weighted by atomic mass is 10.3. The van der Waals surface area contributed by atoms with Crippen LogP contribution in [0.2, 0.25) is 0 Å². The Balaban J connectivity index is 2.09. The molecule has 86 valence electrons. The maximum atomic E-state index is 11.6. The molecule has 0 atom stereocenters. The van der Waals surface area contributed by atoms with E-state index in [0.29, 0.717) is 50.8 Å². The summed E-state index contributed by atoms with van der Waals surface area (Å²) in [6.45, 7) is 7.47. The first-order valence-corrected chi connectivity index (χ1v) is 5.47. The second-order valence-corrected chi connectivity index (χ2v) is 3.97. The fraction of sp³-hybridized carbons (Fsp3) is 0.700. The summed E-state index contributed by atoms with van der Waals surface area (Å²) in [5.74, 6) is 0.172. The van der Waals surface area contributed by atoms with Gasteiger partial charge in [-0.25, -0.2) is 0 Å². The van der Waals surface area contributed by atoms with Gasteiger partial charge in [-0.3, -0.25) is 4.79 Å². The third-order valence-corrected chi connectivity index (χ3v) is 2.33. The minimum Gasteiger partial charge on any atom is -0.378 e. The average molecular weight is 233 g/mol. The summed E-state index contributed by atoms with van der Waals surface area (Å²) in [6, 6.07) is 0. The predicted molar refractivity (Wildman–Crippen MR) is 59.9 cm³/mol. The SMILES string of the molecule is C=C(Cl)CNCCC(=O)N1CCOCC1. The molecule has 5 heteroatoms. The molecule has 0 aliphatic carbocycles. The normalized spacial score (nSPS) is 16.5. The van der Waals surface area contributed by atoms with E-state index in [2.05, 4.69) is 11.9 Å². The van der Waals surface area contributed by atoms with Crippen LogP contribution in [0.3, 0.4) is 0 Å². The van der Waals surface area contributed by atoms with Gasteiger partial charge in [0.05, 0.1) is 13.2 Å².